The van der Waals surface area contributed by atoms with Crippen molar-refractivity contribution in [3.8, 4) is 11.3 Å². The SMILES string of the molecule is CCCC=C[C@H]1CC[C@H](CCc2ccc(-c3ccc(Cl)cc3)nc2)CC1. The summed E-state index contributed by atoms with van der Waals surface area (Å²) in [5, 5.41) is 0.765. The van der Waals surface area contributed by atoms with E-state index in [9.17, 15) is 0 Å². The maximum Gasteiger partial charge on any atom is 0.0702 e. The van der Waals surface area contributed by atoms with Crippen LogP contribution in [0.15, 0.2) is 54.7 Å². The first-order valence-corrected chi connectivity index (χ1v) is 10.5. The first kappa shape index (κ1) is 19.2. The largest absolute Gasteiger partial charge is 0.256 e. The monoisotopic (exact) mass is 367 g/mol. The van der Waals surface area contributed by atoms with E-state index in [1.54, 1.807) is 0 Å². The zero-order valence-electron chi connectivity index (χ0n) is 15.8. The molecule has 1 saturated carbocycles. The third kappa shape index (κ3) is 5.71. The van der Waals surface area contributed by atoms with Gasteiger partial charge in [0.1, 0.15) is 0 Å². The Morgan fingerprint density at radius 3 is 2.46 bits per heavy atom. The van der Waals surface area contributed by atoms with E-state index in [2.05, 4.69) is 36.2 Å². The smallest absolute Gasteiger partial charge is 0.0702 e. The summed E-state index contributed by atoms with van der Waals surface area (Å²) in [5.41, 5.74) is 3.49. The number of halogens is 1. The Morgan fingerprint density at radius 1 is 1.04 bits per heavy atom. The van der Waals surface area contributed by atoms with Crippen LogP contribution in [-0.2, 0) is 6.42 Å². The summed E-state index contributed by atoms with van der Waals surface area (Å²) < 4.78 is 0. The van der Waals surface area contributed by atoms with Crippen molar-refractivity contribution in [1.82, 2.24) is 4.98 Å². The predicted molar refractivity (Wildman–Crippen MR) is 113 cm³/mol. The van der Waals surface area contributed by atoms with E-state index in [4.69, 9.17) is 11.6 Å². The van der Waals surface area contributed by atoms with Gasteiger partial charge in [0.25, 0.3) is 0 Å². The van der Waals surface area contributed by atoms with E-state index in [0.29, 0.717) is 0 Å². The summed E-state index contributed by atoms with van der Waals surface area (Å²) >= 11 is 5.96. The first-order valence-electron chi connectivity index (χ1n) is 10.1. The second-order valence-electron chi connectivity index (χ2n) is 7.59. The molecule has 1 aliphatic carbocycles. The highest BCUT2D eigenvalue weighted by atomic mass is 35.5. The number of hydrogen-bond acceptors (Lipinski definition) is 1. The molecule has 1 aliphatic rings. The number of aryl methyl sites for hydroxylation is 1. The summed E-state index contributed by atoms with van der Waals surface area (Å²) in [5.74, 6) is 1.72. The summed E-state index contributed by atoms with van der Waals surface area (Å²) in [6.45, 7) is 2.25. The van der Waals surface area contributed by atoms with Crippen LogP contribution in [0.1, 0.15) is 57.4 Å². The van der Waals surface area contributed by atoms with Gasteiger partial charge in [-0.15, -0.1) is 0 Å². The van der Waals surface area contributed by atoms with Crippen LogP contribution in [0.25, 0.3) is 11.3 Å². The van der Waals surface area contributed by atoms with E-state index < -0.39 is 0 Å². The molecule has 0 amide bonds. The normalized spacial score (nSPS) is 20.5. The van der Waals surface area contributed by atoms with Gasteiger partial charge in [0.05, 0.1) is 5.69 Å². The molecule has 3 rings (SSSR count). The highest BCUT2D eigenvalue weighted by Gasteiger charge is 2.19. The number of allylic oxidation sites excluding steroid dienone is 2. The summed E-state index contributed by atoms with van der Waals surface area (Å²) in [4.78, 5) is 4.64. The van der Waals surface area contributed by atoms with Crippen molar-refractivity contribution < 1.29 is 0 Å². The highest BCUT2D eigenvalue weighted by molar-refractivity contribution is 6.30. The molecule has 0 atom stereocenters. The molecule has 0 radical (unpaired) electrons. The number of pyridine rings is 1. The molecule has 0 unspecified atom stereocenters. The third-order valence-corrected chi connectivity index (χ3v) is 5.81. The van der Waals surface area contributed by atoms with Crippen LogP contribution in [-0.4, -0.2) is 4.98 Å². The zero-order chi connectivity index (χ0) is 18.2. The third-order valence-electron chi connectivity index (χ3n) is 5.56. The zero-order valence-corrected chi connectivity index (χ0v) is 16.6. The summed E-state index contributed by atoms with van der Waals surface area (Å²) in [7, 11) is 0. The minimum atomic E-state index is 0.765. The van der Waals surface area contributed by atoms with Gasteiger partial charge in [-0.1, -0.05) is 55.3 Å². The quantitative estimate of drug-likeness (QED) is 0.461. The van der Waals surface area contributed by atoms with Crippen LogP contribution < -0.4 is 0 Å². The molecule has 2 aromatic rings. The van der Waals surface area contributed by atoms with E-state index in [-0.39, 0.29) is 0 Å². The molecule has 2 heteroatoms. The maximum absolute atomic E-state index is 5.96. The average Bonchev–Trinajstić information content (AvgIpc) is 2.69. The van der Waals surface area contributed by atoms with Crippen molar-refractivity contribution in [3.05, 3.63) is 65.3 Å². The molecule has 0 saturated heterocycles. The molecule has 26 heavy (non-hydrogen) atoms. The molecule has 1 aromatic heterocycles. The van der Waals surface area contributed by atoms with Gasteiger partial charge in [-0.2, -0.15) is 0 Å². The second-order valence-corrected chi connectivity index (χ2v) is 8.03. The lowest BCUT2D eigenvalue weighted by Crippen LogP contribution is -2.13. The first-order chi connectivity index (χ1) is 12.7. The lowest BCUT2D eigenvalue weighted by Gasteiger charge is -2.26. The Hall–Kier alpha value is -1.60. The van der Waals surface area contributed by atoms with Gasteiger partial charge < -0.3 is 0 Å². The Bertz CT molecular complexity index is 679. The van der Waals surface area contributed by atoms with Crippen LogP contribution in [0, 0.1) is 11.8 Å². The molecular weight excluding hydrogens is 338 g/mol. The fraction of sp³-hybridized carbons (Fsp3) is 0.458. The number of benzene rings is 1. The van der Waals surface area contributed by atoms with Gasteiger partial charge in [-0.25, -0.2) is 0 Å². The fourth-order valence-electron chi connectivity index (χ4n) is 3.86. The Balaban J connectivity index is 1.45. The highest BCUT2D eigenvalue weighted by Crippen LogP contribution is 2.32. The number of unbranched alkanes of at least 4 members (excludes halogenated alkanes) is 1. The van der Waals surface area contributed by atoms with Gasteiger partial charge in [0.2, 0.25) is 0 Å². The minimum absolute atomic E-state index is 0.765. The fourth-order valence-corrected chi connectivity index (χ4v) is 3.99. The Kier molecular flexibility index (Phi) is 7.32. The van der Waals surface area contributed by atoms with Crippen LogP contribution >= 0.6 is 11.6 Å². The number of nitrogens with zero attached hydrogens (tertiary/aromatic N) is 1. The van der Waals surface area contributed by atoms with Crippen LogP contribution in [0.5, 0.6) is 0 Å². The molecule has 138 valence electrons. The molecule has 0 bridgehead atoms. The van der Waals surface area contributed by atoms with Crippen molar-refractivity contribution >= 4 is 11.6 Å². The van der Waals surface area contributed by atoms with Crippen molar-refractivity contribution in [2.24, 2.45) is 11.8 Å². The van der Waals surface area contributed by atoms with E-state index >= 15 is 0 Å². The van der Waals surface area contributed by atoms with Crippen molar-refractivity contribution in [2.75, 3.05) is 0 Å². The van der Waals surface area contributed by atoms with Gasteiger partial charge in [0, 0.05) is 16.8 Å². The van der Waals surface area contributed by atoms with Crippen molar-refractivity contribution in [2.45, 2.75) is 58.3 Å². The minimum Gasteiger partial charge on any atom is -0.256 e. The van der Waals surface area contributed by atoms with Gasteiger partial charge >= 0.3 is 0 Å². The molecule has 1 fully saturated rings. The summed E-state index contributed by atoms with van der Waals surface area (Å²) in [6.07, 6.45) is 17.4. The Labute approximate surface area is 163 Å². The van der Waals surface area contributed by atoms with Crippen LogP contribution in [0.4, 0.5) is 0 Å². The molecule has 1 heterocycles. The molecule has 0 spiro atoms. The van der Waals surface area contributed by atoms with E-state index in [0.717, 1.165) is 34.5 Å². The lowest BCUT2D eigenvalue weighted by atomic mass is 9.79. The number of rotatable bonds is 7. The van der Waals surface area contributed by atoms with E-state index in [1.165, 1.54) is 50.5 Å². The molecule has 1 nitrogen and oxygen atoms in total. The summed E-state index contributed by atoms with van der Waals surface area (Å²) in [6, 6.07) is 12.3. The van der Waals surface area contributed by atoms with Gasteiger partial charge in [0.15, 0.2) is 0 Å². The van der Waals surface area contributed by atoms with Crippen molar-refractivity contribution in [1.29, 1.82) is 0 Å². The van der Waals surface area contributed by atoms with Crippen molar-refractivity contribution in [3.63, 3.8) is 0 Å². The van der Waals surface area contributed by atoms with Crippen LogP contribution in [0.2, 0.25) is 5.02 Å². The van der Waals surface area contributed by atoms with Gasteiger partial charge in [-0.3, -0.25) is 4.98 Å². The molecule has 1 aromatic carbocycles. The average molecular weight is 368 g/mol. The second kappa shape index (κ2) is 9.92. The number of hydrogen-bond donors (Lipinski definition) is 0. The van der Waals surface area contributed by atoms with E-state index in [1.807, 2.05) is 30.5 Å². The molecule has 0 aliphatic heterocycles. The molecule has 0 N–H and O–H groups in total. The molecular formula is C24H30ClN. The van der Waals surface area contributed by atoms with Crippen LogP contribution in [0.3, 0.4) is 0 Å². The van der Waals surface area contributed by atoms with Gasteiger partial charge in [-0.05, 0) is 80.5 Å². The lowest BCUT2D eigenvalue weighted by molar-refractivity contribution is 0.296. The Morgan fingerprint density at radius 2 is 1.81 bits per heavy atom. The number of aromatic nitrogens is 1. The topological polar surface area (TPSA) is 12.9 Å². The maximum atomic E-state index is 5.96. The standard InChI is InChI=1S/C24H30ClN/c1-2-3-4-5-19-6-8-20(9-7-19)10-11-21-12-17-24(26-18-21)22-13-15-23(25)16-14-22/h4-5,12-20H,2-3,6-11H2,1H3/t19-,20-. The predicted octanol–water partition coefficient (Wildman–Crippen LogP) is 7.50.